The highest BCUT2D eigenvalue weighted by molar-refractivity contribution is 6.89. The molecule has 0 aliphatic carbocycles. The highest BCUT2D eigenvalue weighted by Gasteiger charge is 2.34. The standard InChI is InChI=1S/C10H26N2Si2/c1-13(2,3)11-14(4,5)12-9-7-6-8-10-12/h11H,6-10H2,1-5H3. The molecule has 1 N–H and O–H groups in total. The minimum absolute atomic E-state index is 1.11. The number of hydrogen-bond donors (Lipinski definition) is 1. The van der Waals surface area contributed by atoms with Gasteiger partial charge >= 0.3 is 0 Å². The van der Waals surface area contributed by atoms with Crippen molar-refractivity contribution in [1.29, 1.82) is 0 Å². The van der Waals surface area contributed by atoms with Gasteiger partial charge in [0, 0.05) is 0 Å². The third-order valence-corrected chi connectivity index (χ3v) is 10.3. The fraction of sp³-hybridized carbons (Fsp3) is 1.00. The van der Waals surface area contributed by atoms with Crippen molar-refractivity contribution in [2.75, 3.05) is 13.1 Å². The van der Waals surface area contributed by atoms with E-state index in [9.17, 15) is 0 Å². The Hall–Kier alpha value is 0.354. The van der Waals surface area contributed by atoms with Crippen LogP contribution in [-0.2, 0) is 0 Å². The van der Waals surface area contributed by atoms with E-state index in [1.807, 2.05) is 0 Å². The summed E-state index contributed by atoms with van der Waals surface area (Å²) in [6.07, 6.45) is 4.25. The second kappa shape index (κ2) is 4.47. The zero-order valence-electron chi connectivity index (χ0n) is 10.5. The largest absolute Gasteiger partial charge is 0.348 e. The molecule has 1 saturated heterocycles. The highest BCUT2D eigenvalue weighted by Crippen LogP contribution is 2.17. The molecule has 14 heavy (non-hydrogen) atoms. The molecule has 0 unspecified atom stereocenters. The van der Waals surface area contributed by atoms with Gasteiger partial charge in [0.05, 0.1) is 0 Å². The average molecular weight is 231 g/mol. The SMILES string of the molecule is C[Si](C)(C)N[Si](C)(C)N1CCCCC1. The molecule has 0 radical (unpaired) electrons. The Morgan fingerprint density at radius 1 is 0.857 bits per heavy atom. The molecule has 0 aromatic heterocycles. The van der Waals surface area contributed by atoms with E-state index in [1.165, 1.54) is 32.4 Å². The zero-order valence-corrected chi connectivity index (χ0v) is 12.5. The maximum Gasteiger partial charge on any atom is 0.191 e. The fourth-order valence-electron chi connectivity index (χ4n) is 2.45. The number of nitrogens with one attached hydrogen (secondary N) is 1. The molecule has 0 saturated carbocycles. The summed E-state index contributed by atoms with van der Waals surface area (Å²) < 4.78 is 6.71. The molecule has 0 aromatic rings. The van der Waals surface area contributed by atoms with E-state index in [1.54, 1.807) is 0 Å². The summed E-state index contributed by atoms with van der Waals surface area (Å²) in [5.41, 5.74) is 0. The van der Waals surface area contributed by atoms with E-state index >= 15 is 0 Å². The molecule has 1 aliphatic rings. The van der Waals surface area contributed by atoms with Crippen LogP contribution < -0.4 is 4.65 Å². The lowest BCUT2D eigenvalue weighted by molar-refractivity contribution is 0.341. The van der Waals surface area contributed by atoms with Crippen LogP contribution >= 0.6 is 0 Å². The van der Waals surface area contributed by atoms with E-state index in [4.69, 9.17) is 0 Å². The lowest BCUT2D eigenvalue weighted by Gasteiger charge is -2.43. The molecule has 1 heterocycles. The molecular formula is C10H26N2Si2. The van der Waals surface area contributed by atoms with E-state index in [2.05, 4.69) is 41.9 Å². The molecule has 4 heteroatoms. The molecule has 1 aliphatic heterocycles. The van der Waals surface area contributed by atoms with Crippen LogP contribution in [0.2, 0.25) is 32.7 Å². The summed E-state index contributed by atoms with van der Waals surface area (Å²) in [5, 5.41) is 0. The Bertz CT molecular complexity index is 181. The summed E-state index contributed by atoms with van der Waals surface area (Å²) in [7, 11) is -2.40. The van der Waals surface area contributed by atoms with Crippen molar-refractivity contribution in [3.63, 3.8) is 0 Å². The molecule has 0 aromatic carbocycles. The third-order valence-electron chi connectivity index (χ3n) is 2.83. The Kier molecular flexibility index (Phi) is 3.97. The zero-order chi connectivity index (χ0) is 10.8. The van der Waals surface area contributed by atoms with E-state index in [0.717, 1.165) is 0 Å². The number of rotatable bonds is 3. The molecule has 1 fully saturated rings. The summed E-state index contributed by atoms with van der Waals surface area (Å²) in [5.74, 6) is 0. The Morgan fingerprint density at radius 3 is 1.79 bits per heavy atom. The number of piperidine rings is 1. The molecule has 0 atom stereocenters. The van der Waals surface area contributed by atoms with Gasteiger partial charge < -0.3 is 9.21 Å². The average Bonchev–Trinajstić information content (AvgIpc) is 2.01. The Morgan fingerprint density at radius 2 is 1.36 bits per heavy atom. The van der Waals surface area contributed by atoms with Crippen LogP contribution in [0, 0.1) is 0 Å². The van der Waals surface area contributed by atoms with Gasteiger partial charge in [-0.25, -0.2) is 0 Å². The lowest BCUT2D eigenvalue weighted by Crippen LogP contribution is -2.67. The summed E-state index contributed by atoms with van der Waals surface area (Å²) >= 11 is 0. The quantitative estimate of drug-likeness (QED) is 0.750. The van der Waals surface area contributed by atoms with E-state index in [0.29, 0.717) is 0 Å². The van der Waals surface area contributed by atoms with Crippen LogP contribution in [-0.4, -0.2) is 34.3 Å². The highest BCUT2D eigenvalue weighted by atomic mass is 28.4. The molecule has 2 nitrogen and oxygen atoms in total. The summed E-state index contributed by atoms with van der Waals surface area (Å²) in [6.45, 7) is 14.8. The first-order valence-corrected chi connectivity index (χ1v) is 12.3. The first-order valence-electron chi connectivity index (χ1n) is 5.86. The fourth-order valence-corrected chi connectivity index (χ4v) is 11.9. The predicted octanol–water partition coefficient (Wildman–Crippen LogP) is 2.60. The van der Waals surface area contributed by atoms with Crippen LogP contribution in [0.4, 0.5) is 0 Å². The second-order valence-corrected chi connectivity index (χ2v) is 15.2. The minimum atomic E-state index is -1.29. The Labute approximate surface area is 91.3 Å². The van der Waals surface area contributed by atoms with Gasteiger partial charge in [-0.1, -0.05) is 26.1 Å². The molecule has 0 bridgehead atoms. The van der Waals surface area contributed by atoms with Crippen LogP contribution in [0.3, 0.4) is 0 Å². The summed E-state index contributed by atoms with van der Waals surface area (Å²) in [4.78, 5) is 0. The maximum absolute atomic E-state index is 3.97. The van der Waals surface area contributed by atoms with Crippen molar-refractivity contribution in [3.05, 3.63) is 0 Å². The van der Waals surface area contributed by atoms with Crippen molar-refractivity contribution in [3.8, 4) is 0 Å². The van der Waals surface area contributed by atoms with Gasteiger partial charge in [0.1, 0.15) is 8.24 Å². The number of nitrogens with zero attached hydrogens (tertiary/aromatic N) is 1. The lowest BCUT2D eigenvalue weighted by atomic mass is 10.2. The molecule has 84 valence electrons. The van der Waals surface area contributed by atoms with Crippen LogP contribution in [0.5, 0.6) is 0 Å². The second-order valence-electron chi connectivity index (χ2n) is 5.98. The van der Waals surface area contributed by atoms with E-state index in [-0.39, 0.29) is 0 Å². The van der Waals surface area contributed by atoms with Crippen molar-refractivity contribution in [2.45, 2.75) is 52.0 Å². The molecular weight excluding hydrogens is 204 g/mol. The minimum Gasteiger partial charge on any atom is -0.348 e. The van der Waals surface area contributed by atoms with Crippen LogP contribution in [0.1, 0.15) is 19.3 Å². The monoisotopic (exact) mass is 230 g/mol. The van der Waals surface area contributed by atoms with Crippen LogP contribution in [0.15, 0.2) is 0 Å². The topological polar surface area (TPSA) is 15.3 Å². The van der Waals surface area contributed by atoms with E-state index < -0.39 is 16.6 Å². The number of hydrogen-bond acceptors (Lipinski definition) is 2. The van der Waals surface area contributed by atoms with Gasteiger partial charge in [0.15, 0.2) is 8.40 Å². The van der Waals surface area contributed by atoms with Crippen molar-refractivity contribution in [1.82, 2.24) is 9.21 Å². The normalized spacial score (nSPS) is 21.2. The molecule has 0 spiro atoms. The third kappa shape index (κ3) is 3.84. The van der Waals surface area contributed by atoms with Crippen molar-refractivity contribution in [2.24, 2.45) is 0 Å². The van der Waals surface area contributed by atoms with Crippen LogP contribution in [0.25, 0.3) is 0 Å². The first kappa shape index (κ1) is 12.4. The van der Waals surface area contributed by atoms with Gasteiger partial charge in [0.25, 0.3) is 0 Å². The van der Waals surface area contributed by atoms with Gasteiger partial charge in [-0.3, -0.25) is 0 Å². The molecule has 1 rings (SSSR count). The van der Waals surface area contributed by atoms with Gasteiger partial charge in [-0.2, -0.15) is 0 Å². The smallest absolute Gasteiger partial charge is 0.191 e. The molecule has 0 amide bonds. The predicted molar refractivity (Wildman–Crippen MR) is 69.4 cm³/mol. The summed E-state index contributed by atoms with van der Waals surface area (Å²) in [6, 6.07) is 0. The van der Waals surface area contributed by atoms with Gasteiger partial charge in [-0.05, 0) is 39.0 Å². The Balaban J connectivity index is 2.54. The van der Waals surface area contributed by atoms with Crippen molar-refractivity contribution < 1.29 is 0 Å². The first-order chi connectivity index (χ1) is 6.31. The van der Waals surface area contributed by atoms with Crippen molar-refractivity contribution >= 4 is 16.6 Å². The van der Waals surface area contributed by atoms with Gasteiger partial charge in [-0.15, -0.1) is 0 Å². The maximum atomic E-state index is 3.97. The van der Waals surface area contributed by atoms with Gasteiger partial charge in [0.2, 0.25) is 0 Å².